The van der Waals surface area contributed by atoms with Gasteiger partial charge in [0.1, 0.15) is 18.8 Å². The van der Waals surface area contributed by atoms with E-state index in [0.717, 1.165) is 5.56 Å². The zero-order valence-corrected chi connectivity index (χ0v) is 27.9. The fraction of sp³-hybridized carbons (Fsp3) is 0.222. The molecule has 0 unspecified atom stereocenters. The van der Waals surface area contributed by atoms with Gasteiger partial charge in [-0.1, -0.05) is 120 Å². The third-order valence-electron chi connectivity index (χ3n) is 7.26. The van der Waals surface area contributed by atoms with E-state index in [2.05, 4.69) is 0 Å². The topological polar surface area (TPSA) is 130 Å². The van der Waals surface area contributed by atoms with E-state index in [1.807, 2.05) is 18.2 Å². The standard InChI is InChI=1S/C36H30Cl3NO9/c37-36(38,39)35(40)49-34-30(48-33(43)26-19-11-4-12-20-26)29(44-21-23-13-5-1-6-14-23)28(47-32(42)25-17-9-3-10-18-25)27(46-34)22-45-31(41)24-15-7-2-8-16-24/h1-20,27-30,34,40H,21-22H2/t27-,28+,29+,30-,34-/m1/s1. The molecule has 0 aromatic heterocycles. The van der Waals surface area contributed by atoms with Gasteiger partial charge in [-0.3, -0.25) is 5.41 Å². The molecule has 1 N–H and O–H groups in total. The summed E-state index contributed by atoms with van der Waals surface area (Å²) in [4.78, 5) is 40.0. The molecule has 0 bridgehead atoms. The number of nitrogens with one attached hydrogen (secondary N) is 1. The molecule has 13 heteroatoms. The third kappa shape index (κ3) is 9.81. The first-order valence-corrected chi connectivity index (χ1v) is 16.1. The van der Waals surface area contributed by atoms with E-state index in [1.165, 1.54) is 12.1 Å². The quantitative estimate of drug-likeness (QED) is 0.0573. The lowest BCUT2D eigenvalue weighted by molar-refractivity contribution is -0.289. The monoisotopic (exact) mass is 725 g/mol. The lowest BCUT2D eigenvalue weighted by atomic mass is 9.97. The molecule has 0 amide bonds. The molecule has 0 spiro atoms. The highest BCUT2D eigenvalue weighted by Gasteiger charge is 2.53. The van der Waals surface area contributed by atoms with Crippen LogP contribution in [0.1, 0.15) is 36.6 Å². The van der Waals surface area contributed by atoms with Crippen LogP contribution in [0.2, 0.25) is 0 Å². The Kier molecular flexibility index (Phi) is 12.3. The lowest BCUT2D eigenvalue weighted by Crippen LogP contribution is -2.63. The number of esters is 3. The zero-order chi connectivity index (χ0) is 34.8. The minimum absolute atomic E-state index is 0.0462. The average molecular weight is 727 g/mol. The predicted octanol–water partition coefficient (Wildman–Crippen LogP) is 6.97. The number of carbonyl (C=O) groups excluding carboxylic acids is 3. The minimum atomic E-state index is -2.33. The van der Waals surface area contributed by atoms with Crippen molar-refractivity contribution in [3.05, 3.63) is 144 Å². The molecule has 0 aliphatic carbocycles. The van der Waals surface area contributed by atoms with Crippen LogP contribution < -0.4 is 0 Å². The van der Waals surface area contributed by atoms with E-state index in [4.69, 9.17) is 68.6 Å². The van der Waals surface area contributed by atoms with E-state index >= 15 is 0 Å². The Morgan fingerprint density at radius 3 is 1.55 bits per heavy atom. The van der Waals surface area contributed by atoms with Crippen LogP contribution >= 0.6 is 34.8 Å². The first-order chi connectivity index (χ1) is 23.6. The Balaban J connectivity index is 1.54. The second-order valence-corrected chi connectivity index (χ2v) is 13.0. The van der Waals surface area contributed by atoms with Gasteiger partial charge in [-0.2, -0.15) is 0 Å². The van der Waals surface area contributed by atoms with Crippen LogP contribution in [0.25, 0.3) is 0 Å². The molecule has 5 rings (SSSR count). The highest BCUT2D eigenvalue weighted by molar-refractivity contribution is 6.76. The van der Waals surface area contributed by atoms with E-state index < -0.39 is 64.9 Å². The summed E-state index contributed by atoms with van der Waals surface area (Å²) in [6, 6.07) is 33.5. The SMILES string of the molecule is N=C(O[C@H]1O[C@H](COC(=O)c2ccccc2)[C@H](OC(=O)c2ccccc2)[C@H](OCc2ccccc2)[C@H]1OC(=O)c1ccccc1)C(Cl)(Cl)Cl. The van der Waals surface area contributed by atoms with Crippen LogP contribution in [-0.2, 0) is 35.0 Å². The number of hydrogen-bond acceptors (Lipinski definition) is 10. The molecule has 1 heterocycles. The van der Waals surface area contributed by atoms with Crippen molar-refractivity contribution in [3.8, 4) is 0 Å². The smallest absolute Gasteiger partial charge is 0.338 e. The Morgan fingerprint density at radius 1 is 0.612 bits per heavy atom. The van der Waals surface area contributed by atoms with Gasteiger partial charge in [0.05, 0.1) is 23.3 Å². The second-order valence-electron chi connectivity index (χ2n) is 10.7. The molecule has 1 aliphatic heterocycles. The molecule has 0 radical (unpaired) electrons. The van der Waals surface area contributed by atoms with Crippen molar-refractivity contribution < 1.29 is 42.8 Å². The summed E-state index contributed by atoms with van der Waals surface area (Å²) < 4.78 is 33.4. The van der Waals surface area contributed by atoms with Crippen LogP contribution in [0, 0.1) is 5.41 Å². The third-order valence-corrected chi connectivity index (χ3v) is 7.78. The molecule has 49 heavy (non-hydrogen) atoms. The number of halogens is 3. The summed E-state index contributed by atoms with van der Waals surface area (Å²) in [7, 11) is 0. The van der Waals surface area contributed by atoms with E-state index in [0.29, 0.717) is 0 Å². The number of benzene rings is 4. The number of ether oxygens (including phenoxy) is 6. The molecule has 1 saturated heterocycles. The molecule has 0 saturated carbocycles. The van der Waals surface area contributed by atoms with Crippen molar-refractivity contribution in [2.24, 2.45) is 0 Å². The van der Waals surface area contributed by atoms with Crippen molar-refractivity contribution in [2.75, 3.05) is 6.61 Å². The lowest BCUT2D eigenvalue weighted by Gasteiger charge is -2.44. The maximum absolute atomic E-state index is 13.5. The van der Waals surface area contributed by atoms with Crippen molar-refractivity contribution >= 4 is 58.6 Å². The molecule has 1 fully saturated rings. The molecular weight excluding hydrogens is 697 g/mol. The minimum Gasteiger partial charge on any atom is -0.459 e. The number of carbonyl (C=O) groups is 3. The zero-order valence-electron chi connectivity index (χ0n) is 25.7. The fourth-order valence-corrected chi connectivity index (χ4v) is 5.00. The molecule has 1 aliphatic rings. The van der Waals surface area contributed by atoms with Gasteiger partial charge in [-0.25, -0.2) is 14.4 Å². The van der Waals surface area contributed by atoms with Gasteiger partial charge in [0, 0.05) is 0 Å². The number of rotatable bonds is 11. The van der Waals surface area contributed by atoms with Crippen molar-refractivity contribution in [1.82, 2.24) is 0 Å². The van der Waals surface area contributed by atoms with Crippen LogP contribution in [-0.4, -0.2) is 64.9 Å². The van der Waals surface area contributed by atoms with Crippen LogP contribution in [0.3, 0.4) is 0 Å². The molecule has 5 atom stereocenters. The van der Waals surface area contributed by atoms with Gasteiger partial charge in [0.15, 0.2) is 12.2 Å². The molecular formula is C36H30Cl3NO9. The highest BCUT2D eigenvalue weighted by Crippen LogP contribution is 2.35. The van der Waals surface area contributed by atoms with Gasteiger partial charge in [0.25, 0.3) is 3.79 Å². The summed E-state index contributed by atoms with van der Waals surface area (Å²) in [5.41, 5.74) is 1.37. The summed E-state index contributed by atoms with van der Waals surface area (Å²) in [6.07, 6.45) is -7.17. The first-order valence-electron chi connectivity index (χ1n) is 15.0. The van der Waals surface area contributed by atoms with Gasteiger partial charge in [0.2, 0.25) is 12.2 Å². The van der Waals surface area contributed by atoms with Gasteiger partial charge in [-0.05, 0) is 42.0 Å². The summed E-state index contributed by atoms with van der Waals surface area (Å²) in [5.74, 6) is -3.12. The number of alkyl halides is 3. The average Bonchev–Trinajstić information content (AvgIpc) is 3.12. The van der Waals surface area contributed by atoms with Crippen molar-refractivity contribution in [1.29, 1.82) is 5.41 Å². The van der Waals surface area contributed by atoms with E-state index in [-0.39, 0.29) is 23.3 Å². The van der Waals surface area contributed by atoms with Crippen molar-refractivity contribution in [2.45, 2.75) is 41.1 Å². The predicted molar refractivity (Wildman–Crippen MR) is 181 cm³/mol. The van der Waals surface area contributed by atoms with Crippen LogP contribution in [0.5, 0.6) is 0 Å². The highest BCUT2D eigenvalue weighted by atomic mass is 35.6. The molecule has 254 valence electrons. The van der Waals surface area contributed by atoms with E-state index in [1.54, 1.807) is 91.0 Å². The van der Waals surface area contributed by atoms with Crippen LogP contribution in [0.15, 0.2) is 121 Å². The maximum atomic E-state index is 13.5. The summed E-state index contributed by atoms with van der Waals surface area (Å²) in [5, 5.41) is 8.29. The second kappa shape index (κ2) is 16.8. The molecule has 4 aromatic rings. The first kappa shape index (κ1) is 35.8. The summed E-state index contributed by atoms with van der Waals surface area (Å²) >= 11 is 17.9. The fourth-order valence-electron chi connectivity index (χ4n) is 4.86. The van der Waals surface area contributed by atoms with Gasteiger partial charge >= 0.3 is 17.9 Å². The van der Waals surface area contributed by atoms with Crippen molar-refractivity contribution in [3.63, 3.8) is 0 Å². The Bertz CT molecular complexity index is 1710. The summed E-state index contributed by atoms with van der Waals surface area (Å²) in [6.45, 7) is -0.526. The molecule has 4 aromatic carbocycles. The van der Waals surface area contributed by atoms with Gasteiger partial charge < -0.3 is 28.4 Å². The van der Waals surface area contributed by atoms with Gasteiger partial charge in [-0.15, -0.1) is 0 Å². The maximum Gasteiger partial charge on any atom is 0.338 e. The largest absolute Gasteiger partial charge is 0.459 e. The number of hydrogen-bond donors (Lipinski definition) is 1. The Morgan fingerprint density at radius 2 is 1.06 bits per heavy atom. The van der Waals surface area contributed by atoms with Crippen LogP contribution in [0.4, 0.5) is 0 Å². The normalized spacial score (nSPS) is 20.4. The Labute approximate surface area is 297 Å². The van der Waals surface area contributed by atoms with E-state index in [9.17, 15) is 14.4 Å². The molecule has 10 nitrogen and oxygen atoms in total. The Hall–Kier alpha value is -4.45.